The fraction of sp³-hybridized carbons (Fsp3) is 0.111. The molecule has 1 N–H and O–H groups in total. The molecule has 0 spiro atoms. The van der Waals surface area contributed by atoms with Crippen LogP contribution in [0.25, 0.3) is 11.3 Å². The number of alkyl halides is 3. The molecule has 0 unspecified atom stereocenters. The molecule has 0 atom stereocenters. The number of pyridine rings is 1. The molecule has 0 fully saturated rings. The number of nitrogens with zero attached hydrogens (tertiary/aromatic N) is 5. The Morgan fingerprint density at radius 2 is 1.83 bits per heavy atom. The van der Waals surface area contributed by atoms with Gasteiger partial charge in [0.1, 0.15) is 11.5 Å². The third-order valence-electron chi connectivity index (χ3n) is 4.12. The SMILES string of the molecule is O=C(NCc1cn2cc(Br)ccc2n1)c1nnn(-c2ccc(F)cc2)c1C(F)(F)F. The molecule has 7 nitrogen and oxygen atoms in total. The Morgan fingerprint density at radius 1 is 1.10 bits per heavy atom. The molecule has 0 aliphatic carbocycles. The largest absolute Gasteiger partial charge is 0.435 e. The Hall–Kier alpha value is -3.28. The number of benzene rings is 1. The molecule has 0 aliphatic heterocycles. The molecular formula is C18H11BrF4N6O. The smallest absolute Gasteiger partial charge is 0.345 e. The van der Waals surface area contributed by atoms with E-state index >= 15 is 0 Å². The predicted molar refractivity (Wildman–Crippen MR) is 100 cm³/mol. The first kappa shape index (κ1) is 20.0. The Kier molecular flexibility index (Phi) is 5.02. The first-order valence-electron chi connectivity index (χ1n) is 8.42. The van der Waals surface area contributed by atoms with E-state index in [9.17, 15) is 22.4 Å². The second kappa shape index (κ2) is 7.52. The van der Waals surface area contributed by atoms with Crippen LogP contribution in [0.4, 0.5) is 17.6 Å². The van der Waals surface area contributed by atoms with Crippen LogP contribution in [0.15, 0.2) is 53.3 Å². The molecule has 3 heterocycles. The summed E-state index contributed by atoms with van der Waals surface area (Å²) in [6, 6.07) is 7.71. The van der Waals surface area contributed by atoms with Gasteiger partial charge in [-0.15, -0.1) is 5.10 Å². The van der Waals surface area contributed by atoms with Gasteiger partial charge in [-0.2, -0.15) is 13.2 Å². The van der Waals surface area contributed by atoms with Gasteiger partial charge in [0.15, 0.2) is 11.4 Å². The number of carbonyl (C=O) groups is 1. The molecule has 0 saturated carbocycles. The summed E-state index contributed by atoms with van der Waals surface area (Å²) in [6.07, 6.45) is -1.52. The van der Waals surface area contributed by atoms with Gasteiger partial charge in [-0.05, 0) is 52.3 Å². The number of aromatic nitrogens is 5. The quantitative estimate of drug-likeness (QED) is 0.449. The van der Waals surface area contributed by atoms with E-state index in [2.05, 4.69) is 36.5 Å². The number of hydrogen-bond acceptors (Lipinski definition) is 4. The predicted octanol–water partition coefficient (Wildman–Crippen LogP) is 3.77. The standard InChI is InChI=1S/C18H11BrF4N6O/c19-10-1-6-14-25-12(9-28(14)8-10)7-24-17(30)15-16(18(21,22)23)29(27-26-15)13-4-2-11(20)3-5-13/h1-6,8-9H,7H2,(H,24,30). The van der Waals surface area contributed by atoms with Crippen molar-refractivity contribution in [3.63, 3.8) is 0 Å². The summed E-state index contributed by atoms with van der Waals surface area (Å²) >= 11 is 3.32. The van der Waals surface area contributed by atoms with Crippen LogP contribution >= 0.6 is 15.9 Å². The molecule has 0 aliphatic rings. The van der Waals surface area contributed by atoms with Crippen LogP contribution < -0.4 is 5.32 Å². The first-order valence-corrected chi connectivity index (χ1v) is 9.22. The maximum Gasteiger partial charge on any atom is 0.435 e. The average molecular weight is 483 g/mol. The van der Waals surface area contributed by atoms with E-state index in [1.165, 1.54) is 0 Å². The Morgan fingerprint density at radius 3 is 2.53 bits per heavy atom. The summed E-state index contributed by atoms with van der Waals surface area (Å²) < 4.78 is 57.0. The van der Waals surface area contributed by atoms with Crippen molar-refractivity contribution >= 4 is 27.5 Å². The maximum absolute atomic E-state index is 13.6. The van der Waals surface area contributed by atoms with Crippen molar-refractivity contribution in [2.24, 2.45) is 0 Å². The molecule has 1 aromatic carbocycles. The van der Waals surface area contributed by atoms with Gasteiger partial charge in [-0.25, -0.2) is 14.1 Å². The molecule has 12 heteroatoms. The van der Waals surface area contributed by atoms with Crippen molar-refractivity contribution < 1.29 is 22.4 Å². The van der Waals surface area contributed by atoms with E-state index in [0.717, 1.165) is 28.7 Å². The fourth-order valence-electron chi connectivity index (χ4n) is 2.81. The monoisotopic (exact) mass is 482 g/mol. The highest BCUT2D eigenvalue weighted by Gasteiger charge is 2.42. The zero-order valence-corrected chi connectivity index (χ0v) is 16.4. The lowest BCUT2D eigenvalue weighted by Crippen LogP contribution is -2.27. The molecule has 30 heavy (non-hydrogen) atoms. The summed E-state index contributed by atoms with van der Waals surface area (Å²) in [7, 11) is 0. The van der Waals surface area contributed by atoms with Crippen molar-refractivity contribution in [3.05, 3.63) is 76.2 Å². The van der Waals surface area contributed by atoms with Gasteiger partial charge in [-0.3, -0.25) is 4.79 Å². The number of hydrogen-bond donors (Lipinski definition) is 1. The Balaban J connectivity index is 1.60. The van der Waals surface area contributed by atoms with Gasteiger partial charge < -0.3 is 9.72 Å². The topological polar surface area (TPSA) is 77.1 Å². The van der Waals surface area contributed by atoms with E-state index in [0.29, 0.717) is 16.0 Å². The summed E-state index contributed by atoms with van der Waals surface area (Å²) in [5.41, 5.74) is -1.27. The van der Waals surface area contributed by atoms with Crippen molar-refractivity contribution in [1.29, 1.82) is 0 Å². The van der Waals surface area contributed by atoms with Crippen molar-refractivity contribution in [1.82, 2.24) is 29.7 Å². The number of nitrogens with one attached hydrogen (secondary N) is 1. The Bertz CT molecular complexity index is 1230. The number of amides is 1. The molecule has 0 bridgehead atoms. The minimum absolute atomic E-state index is 0.0822. The number of rotatable bonds is 4. The highest BCUT2D eigenvalue weighted by molar-refractivity contribution is 9.10. The highest BCUT2D eigenvalue weighted by atomic mass is 79.9. The lowest BCUT2D eigenvalue weighted by Gasteiger charge is -2.11. The second-order valence-electron chi connectivity index (χ2n) is 6.20. The van der Waals surface area contributed by atoms with Crippen LogP contribution in [-0.4, -0.2) is 30.3 Å². The third kappa shape index (κ3) is 3.90. The zero-order chi connectivity index (χ0) is 21.5. The minimum Gasteiger partial charge on any atom is -0.345 e. The van der Waals surface area contributed by atoms with Gasteiger partial charge in [-0.1, -0.05) is 5.21 Å². The van der Waals surface area contributed by atoms with Gasteiger partial charge >= 0.3 is 6.18 Å². The molecule has 0 radical (unpaired) electrons. The van der Waals surface area contributed by atoms with E-state index in [4.69, 9.17) is 0 Å². The minimum atomic E-state index is -4.92. The highest BCUT2D eigenvalue weighted by Crippen LogP contribution is 2.32. The molecule has 4 aromatic rings. The van der Waals surface area contributed by atoms with Gasteiger partial charge in [0.25, 0.3) is 5.91 Å². The van der Waals surface area contributed by atoms with Gasteiger partial charge in [0.05, 0.1) is 17.9 Å². The van der Waals surface area contributed by atoms with Crippen LogP contribution in [0.2, 0.25) is 0 Å². The van der Waals surface area contributed by atoms with Crippen molar-refractivity contribution in [2.75, 3.05) is 0 Å². The van der Waals surface area contributed by atoms with Crippen LogP contribution in [0.3, 0.4) is 0 Å². The number of halogens is 5. The summed E-state index contributed by atoms with van der Waals surface area (Å²) in [5, 5.41) is 9.22. The number of carbonyl (C=O) groups excluding carboxylic acids is 1. The van der Waals surface area contributed by atoms with Gasteiger partial charge in [0.2, 0.25) is 0 Å². The van der Waals surface area contributed by atoms with Gasteiger partial charge in [0, 0.05) is 16.9 Å². The number of fused-ring (bicyclic) bond motifs is 1. The first-order chi connectivity index (χ1) is 14.2. The fourth-order valence-corrected chi connectivity index (χ4v) is 3.16. The van der Waals surface area contributed by atoms with Crippen LogP contribution in [0, 0.1) is 5.82 Å². The lowest BCUT2D eigenvalue weighted by atomic mass is 10.2. The molecule has 4 rings (SSSR count). The average Bonchev–Trinajstić information content (AvgIpc) is 3.30. The molecular weight excluding hydrogens is 472 g/mol. The van der Waals surface area contributed by atoms with Crippen LogP contribution in [0.5, 0.6) is 0 Å². The number of imidazole rings is 1. The third-order valence-corrected chi connectivity index (χ3v) is 4.59. The summed E-state index contributed by atoms with van der Waals surface area (Å²) in [6.45, 7) is -0.112. The molecule has 0 saturated heterocycles. The lowest BCUT2D eigenvalue weighted by molar-refractivity contribution is -0.143. The molecule has 154 valence electrons. The Labute approximate surface area is 174 Å². The van der Waals surface area contributed by atoms with E-state index in [1.807, 2.05) is 0 Å². The van der Waals surface area contributed by atoms with E-state index in [1.54, 1.807) is 28.9 Å². The maximum atomic E-state index is 13.6. The van der Waals surface area contributed by atoms with Crippen LogP contribution in [0.1, 0.15) is 21.9 Å². The van der Waals surface area contributed by atoms with Crippen molar-refractivity contribution in [3.8, 4) is 5.69 Å². The van der Waals surface area contributed by atoms with E-state index in [-0.39, 0.29) is 12.2 Å². The normalized spacial score (nSPS) is 11.8. The van der Waals surface area contributed by atoms with Crippen LogP contribution in [-0.2, 0) is 12.7 Å². The summed E-state index contributed by atoms with van der Waals surface area (Å²) in [4.78, 5) is 16.7. The second-order valence-corrected chi connectivity index (χ2v) is 7.12. The van der Waals surface area contributed by atoms with Crippen molar-refractivity contribution in [2.45, 2.75) is 12.7 Å². The summed E-state index contributed by atoms with van der Waals surface area (Å²) in [5.74, 6) is -1.68. The van der Waals surface area contributed by atoms with E-state index < -0.39 is 29.3 Å². The molecule has 1 amide bonds. The zero-order valence-electron chi connectivity index (χ0n) is 14.9. The molecule has 3 aromatic heterocycles.